The molecular weight excluding hydrogens is 242 g/mol. The minimum absolute atomic E-state index is 0.0360. The molecule has 0 bridgehead atoms. The van der Waals surface area contributed by atoms with E-state index in [4.69, 9.17) is 4.74 Å². The zero-order valence-electron chi connectivity index (χ0n) is 12.4. The Morgan fingerprint density at radius 1 is 1.16 bits per heavy atom. The first-order valence-electron chi connectivity index (χ1n) is 7.36. The van der Waals surface area contributed by atoms with Gasteiger partial charge in [-0.3, -0.25) is 9.69 Å². The Bertz CT molecular complexity index is 308. The van der Waals surface area contributed by atoms with Gasteiger partial charge in [-0.25, -0.2) is 0 Å². The molecule has 19 heavy (non-hydrogen) atoms. The normalized spacial score (nSPS) is 30.1. The summed E-state index contributed by atoms with van der Waals surface area (Å²) in [5.74, 6) is -0.0886. The quantitative estimate of drug-likeness (QED) is 0.702. The van der Waals surface area contributed by atoms with E-state index >= 15 is 0 Å². The van der Waals surface area contributed by atoms with Gasteiger partial charge in [0.25, 0.3) is 0 Å². The van der Waals surface area contributed by atoms with Gasteiger partial charge in [-0.05, 0) is 33.7 Å². The SMILES string of the molecule is CC(C)(C)OC(=O)C1CNCCC1N1CCNCC1. The summed E-state index contributed by atoms with van der Waals surface area (Å²) in [6.45, 7) is 11.6. The number of piperidine rings is 1. The molecule has 2 heterocycles. The fourth-order valence-electron chi connectivity index (χ4n) is 2.91. The van der Waals surface area contributed by atoms with Crippen molar-refractivity contribution in [3.63, 3.8) is 0 Å². The summed E-state index contributed by atoms with van der Waals surface area (Å²) in [4.78, 5) is 14.8. The van der Waals surface area contributed by atoms with E-state index in [1.54, 1.807) is 0 Å². The number of carbonyl (C=O) groups excluding carboxylic acids is 1. The van der Waals surface area contributed by atoms with Crippen molar-refractivity contribution >= 4 is 5.97 Å². The number of esters is 1. The van der Waals surface area contributed by atoms with Crippen molar-refractivity contribution < 1.29 is 9.53 Å². The smallest absolute Gasteiger partial charge is 0.312 e. The Labute approximate surface area is 116 Å². The summed E-state index contributed by atoms with van der Waals surface area (Å²) < 4.78 is 5.58. The highest BCUT2D eigenvalue weighted by molar-refractivity contribution is 5.74. The van der Waals surface area contributed by atoms with Crippen molar-refractivity contribution in [1.29, 1.82) is 0 Å². The summed E-state index contributed by atoms with van der Waals surface area (Å²) in [7, 11) is 0. The second-order valence-electron chi connectivity index (χ2n) is 6.49. The van der Waals surface area contributed by atoms with E-state index in [2.05, 4.69) is 15.5 Å². The van der Waals surface area contributed by atoms with Gasteiger partial charge in [-0.2, -0.15) is 0 Å². The van der Waals surface area contributed by atoms with Crippen LogP contribution in [-0.4, -0.2) is 61.8 Å². The molecule has 110 valence electrons. The van der Waals surface area contributed by atoms with Crippen molar-refractivity contribution in [2.24, 2.45) is 5.92 Å². The van der Waals surface area contributed by atoms with Gasteiger partial charge in [0.2, 0.25) is 0 Å². The van der Waals surface area contributed by atoms with Crippen LogP contribution in [0.5, 0.6) is 0 Å². The van der Waals surface area contributed by atoms with E-state index in [9.17, 15) is 4.79 Å². The van der Waals surface area contributed by atoms with Crippen molar-refractivity contribution in [1.82, 2.24) is 15.5 Å². The highest BCUT2D eigenvalue weighted by Crippen LogP contribution is 2.22. The number of piperazine rings is 1. The zero-order chi connectivity index (χ0) is 13.9. The van der Waals surface area contributed by atoms with Crippen molar-refractivity contribution in [2.45, 2.75) is 38.8 Å². The number of ether oxygens (including phenoxy) is 1. The second kappa shape index (κ2) is 6.20. The van der Waals surface area contributed by atoms with Gasteiger partial charge in [-0.15, -0.1) is 0 Å². The van der Waals surface area contributed by atoms with E-state index in [1.165, 1.54) is 0 Å². The van der Waals surface area contributed by atoms with Crippen LogP contribution in [-0.2, 0) is 9.53 Å². The number of rotatable bonds is 2. The molecule has 2 unspecified atom stereocenters. The summed E-state index contributed by atoms with van der Waals surface area (Å²) in [6.07, 6.45) is 1.03. The van der Waals surface area contributed by atoms with Crippen LogP contribution in [0.1, 0.15) is 27.2 Å². The molecule has 2 fully saturated rings. The van der Waals surface area contributed by atoms with Gasteiger partial charge in [0.15, 0.2) is 0 Å². The lowest BCUT2D eigenvalue weighted by atomic mass is 9.91. The Balaban J connectivity index is 2.00. The third-order valence-corrected chi connectivity index (χ3v) is 3.78. The predicted octanol–water partition coefficient (Wildman–Crippen LogP) is 0.211. The number of nitrogens with zero attached hydrogens (tertiary/aromatic N) is 1. The fraction of sp³-hybridized carbons (Fsp3) is 0.929. The van der Waals surface area contributed by atoms with Crippen LogP contribution in [0.15, 0.2) is 0 Å². The molecule has 5 nitrogen and oxygen atoms in total. The summed E-state index contributed by atoms with van der Waals surface area (Å²) in [5.41, 5.74) is -0.400. The minimum Gasteiger partial charge on any atom is -0.460 e. The summed E-state index contributed by atoms with van der Waals surface area (Å²) in [5, 5.41) is 6.69. The van der Waals surface area contributed by atoms with E-state index in [-0.39, 0.29) is 11.9 Å². The molecule has 2 rings (SSSR count). The molecule has 0 aromatic rings. The standard InChI is InChI=1S/C14H27N3O2/c1-14(2,3)19-13(18)11-10-16-5-4-12(11)17-8-6-15-7-9-17/h11-12,15-16H,4-10H2,1-3H3. The molecule has 0 aromatic carbocycles. The first-order valence-corrected chi connectivity index (χ1v) is 7.36. The van der Waals surface area contributed by atoms with E-state index in [1.807, 2.05) is 20.8 Å². The Morgan fingerprint density at radius 3 is 2.47 bits per heavy atom. The van der Waals surface area contributed by atoms with E-state index < -0.39 is 5.60 Å². The first kappa shape index (κ1) is 14.8. The van der Waals surface area contributed by atoms with Gasteiger partial charge < -0.3 is 15.4 Å². The van der Waals surface area contributed by atoms with Gasteiger partial charge in [0.1, 0.15) is 5.60 Å². The maximum absolute atomic E-state index is 12.4. The minimum atomic E-state index is -0.400. The maximum atomic E-state index is 12.4. The Hall–Kier alpha value is -0.650. The molecule has 5 heteroatoms. The van der Waals surface area contributed by atoms with Gasteiger partial charge >= 0.3 is 5.97 Å². The van der Waals surface area contributed by atoms with Crippen LogP contribution in [0.3, 0.4) is 0 Å². The van der Waals surface area contributed by atoms with Crippen LogP contribution in [0.2, 0.25) is 0 Å². The summed E-state index contributed by atoms with van der Waals surface area (Å²) in [6, 6.07) is 0.332. The lowest BCUT2D eigenvalue weighted by Crippen LogP contribution is -2.57. The fourth-order valence-corrected chi connectivity index (χ4v) is 2.91. The lowest BCUT2D eigenvalue weighted by Gasteiger charge is -2.41. The van der Waals surface area contributed by atoms with Gasteiger partial charge in [0, 0.05) is 38.8 Å². The Morgan fingerprint density at radius 2 is 1.84 bits per heavy atom. The van der Waals surface area contributed by atoms with E-state index in [0.29, 0.717) is 6.04 Å². The highest BCUT2D eigenvalue weighted by Gasteiger charge is 2.37. The monoisotopic (exact) mass is 269 g/mol. The van der Waals surface area contributed by atoms with Crippen molar-refractivity contribution in [3.05, 3.63) is 0 Å². The highest BCUT2D eigenvalue weighted by atomic mass is 16.6. The van der Waals surface area contributed by atoms with Crippen LogP contribution in [0.4, 0.5) is 0 Å². The molecule has 0 amide bonds. The average Bonchev–Trinajstić information content (AvgIpc) is 2.38. The van der Waals surface area contributed by atoms with E-state index in [0.717, 1.165) is 45.7 Å². The third-order valence-electron chi connectivity index (χ3n) is 3.78. The molecule has 0 saturated carbocycles. The molecule has 0 aromatic heterocycles. The van der Waals surface area contributed by atoms with Gasteiger partial charge in [0.05, 0.1) is 5.92 Å². The summed E-state index contributed by atoms with van der Waals surface area (Å²) >= 11 is 0. The third kappa shape index (κ3) is 4.16. The topological polar surface area (TPSA) is 53.6 Å². The van der Waals surface area contributed by atoms with Crippen LogP contribution >= 0.6 is 0 Å². The number of hydrogen-bond donors (Lipinski definition) is 2. The molecule has 0 radical (unpaired) electrons. The molecule has 2 atom stereocenters. The number of nitrogens with one attached hydrogen (secondary N) is 2. The second-order valence-corrected chi connectivity index (χ2v) is 6.49. The number of carbonyl (C=O) groups is 1. The molecule has 2 N–H and O–H groups in total. The first-order chi connectivity index (χ1) is 8.97. The Kier molecular flexibility index (Phi) is 4.81. The molecule has 0 spiro atoms. The van der Waals surface area contributed by atoms with Crippen molar-refractivity contribution in [2.75, 3.05) is 39.3 Å². The average molecular weight is 269 g/mol. The zero-order valence-corrected chi connectivity index (χ0v) is 12.4. The largest absolute Gasteiger partial charge is 0.460 e. The molecular formula is C14H27N3O2. The number of hydrogen-bond acceptors (Lipinski definition) is 5. The lowest BCUT2D eigenvalue weighted by molar-refractivity contribution is -0.163. The van der Waals surface area contributed by atoms with Crippen LogP contribution in [0.25, 0.3) is 0 Å². The van der Waals surface area contributed by atoms with Crippen LogP contribution < -0.4 is 10.6 Å². The molecule has 2 aliphatic heterocycles. The van der Waals surface area contributed by atoms with Crippen LogP contribution in [0, 0.1) is 5.92 Å². The molecule has 2 saturated heterocycles. The molecule has 2 aliphatic rings. The maximum Gasteiger partial charge on any atom is 0.312 e. The predicted molar refractivity (Wildman–Crippen MR) is 75.1 cm³/mol. The van der Waals surface area contributed by atoms with Gasteiger partial charge in [-0.1, -0.05) is 0 Å². The van der Waals surface area contributed by atoms with Crippen molar-refractivity contribution in [3.8, 4) is 0 Å². The molecule has 0 aliphatic carbocycles.